The van der Waals surface area contributed by atoms with E-state index < -0.39 is 11.0 Å². The quantitative estimate of drug-likeness (QED) is 0.0740. The van der Waals surface area contributed by atoms with Gasteiger partial charge < -0.3 is 31.3 Å². The van der Waals surface area contributed by atoms with E-state index in [0.29, 0.717) is 31.4 Å². The molecule has 0 atom stereocenters. The third-order valence-corrected chi connectivity index (χ3v) is 13.8. The minimum absolute atomic E-state index is 0.0728. The van der Waals surface area contributed by atoms with Crippen molar-refractivity contribution in [1.29, 1.82) is 0 Å². The highest BCUT2D eigenvalue weighted by Crippen LogP contribution is 2.52. The Morgan fingerprint density at radius 3 is 2.03 bits per heavy atom. The van der Waals surface area contributed by atoms with Gasteiger partial charge in [0.25, 0.3) is 0 Å². The van der Waals surface area contributed by atoms with Gasteiger partial charge >= 0.3 is 0 Å². The molecule has 2 aromatic rings. The molecule has 5 N–H and O–H groups in total. The summed E-state index contributed by atoms with van der Waals surface area (Å²) in [6, 6.07) is 16.3. The summed E-state index contributed by atoms with van der Waals surface area (Å²) in [5.74, 6) is 1.54. The summed E-state index contributed by atoms with van der Waals surface area (Å²) < 4.78 is 6.23. The average Bonchev–Trinajstić information content (AvgIpc) is 3.87. The first-order valence-corrected chi connectivity index (χ1v) is 23.9. The molecule has 0 saturated heterocycles. The number of nitrogens with one attached hydrogen (secondary N) is 1. The van der Waals surface area contributed by atoms with E-state index in [0.717, 1.165) is 59.6 Å². The summed E-state index contributed by atoms with van der Waals surface area (Å²) in [6.45, 7) is 22.4. The van der Waals surface area contributed by atoms with Crippen molar-refractivity contribution < 1.29 is 23.9 Å². The van der Waals surface area contributed by atoms with E-state index in [1.54, 1.807) is 0 Å². The van der Waals surface area contributed by atoms with E-state index >= 15 is 0 Å². The molecule has 0 unspecified atom stereocenters. The van der Waals surface area contributed by atoms with Crippen LogP contribution in [-0.2, 0) is 30.5 Å². The van der Waals surface area contributed by atoms with E-state index in [2.05, 4.69) is 63.0 Å². The number of nitrogens with zero attached hydrogens (tertiary/aromatic N) is 2. The van der Waals surface area contributed by atoms with Crippen molar-refractivity contribution in [1.82, 2.24) is 10.2 Å². The Morgan fingerprint density at radius 2 is 1.39 bits per heavy atom. The van der Waals surface area contributed by atoms with Gasteiger partial charge in [-0.25, -0.2) is 0 Å². The van der Waals surface area contributed by atoms with Gasteiger partial charge in [0.05, 0.1) is 29.2 Å². The van der Waals surface area contributed by atoms with E-state index in [1.165, 1.54) is 30.7 Å². The number of fused-ring (bicyclic) bond motifs is 4. The number of primary amides is 2. The molecule has 10 nitrogen and oxygen atoms in total. The van der Waals surface area contributed by atoms with Crippen molar-refractivity contribution >= 4 is 62.3 Å². The molecule has 2 aliphatic rings. The third-order valence-electron chi connectivity index (χ3n) is 11.3. The molecule has 2 aromatic carbocycles. The van der Waals surface area contributed by atoms with Gasteiger partial charge in [-0.2, -0.15) is 0 Å². The highest BCUT2D eigenvalue weighted by Gasteiger charge is 2.41. The molecule has 0 spiro atoms. The lowest BCUT2D eigenvalue weighted by Crippen LogP contribution is -2.43. The molecule has 4 rings (SSSR count). The van der Waals surface area contributed by atoms with Gasteiger partial charge in [0.2, 0.25) is 23.6 Å². The number of amides is 4. The topological polar surface area (TPSA) is 148 Å². The second kappa shape index (κ2) is 22.4. The molecule has 12 heteroatoms. The van der Waals surface area contributed by atoms with Crippen LogP contribution in [0.15, 0.2) is 48.5 Å². The Labute approximate surface area is 363 Å². The van der Waals surface area contributed by atoms with Gasteiger partial charge in [0.1, 0.15) is 0 Å². The Morgan fingerprint density at radius 1 is 0.763 bits per heavy atom. The van der Waals surface area contributed by atoms with Crippen molar-refractivity contribution in [2.45, 2.75) is 151 Å². The Balaban J connectivity index is 0.000000492. The number of carbonyl (C=O) groups is 4. The molecular weight excluding hydrogens is 779 g/mol. The molecule has 0 saturated carbocycles. The maximum Gasteiger partial charge on any atom is 0.227 e. The zero-order valence-corrected chi connectivity index (χ0v) is 39.3. The first-order valence-electron chi connectivity index (χ1n) is 21.4. The molecule has 4 amide bonds. The summed E-state index contributed by atoms with van der Waals surface area (Å²) in [7, 11) is 3.79. The van der Waals surface area contributed by atoms with Gasteiger partial charge in [0.15, 0.2) is 0 Å². The third kappa shape index (κ3) is 16.1. The smallest absolute Gasteiger partial charge is 0.227 e. The maximum atomic E-state index is 13.7. The monoisotopic (exact) mass is 852 g/mol. The highest BCUT2D eigenvalue weighted by atomic mass is 33.1. The number of rotatable bonds is 23. The Hall–Kier alpha value is -3.48. The second-order valence-corrected chi connectivity index (χ2v) is 21.2. The molecule has 2 aliphatic heterocycles. The number of hydrogen-bond acceptors (Lipinski definition) is 8. The number of anilines is 1. The van der Waals surface area contributed by atoms with E-state index in [1.807, 2.05) is 91.4 Å². The first kappa shape index (κ1) is 49.9. The van der Waals surface area contributed by atoms with Crippen LogP contribution in [0.5, 0.6) is 0 Å². The number of ether oxygens (including phenoxy) is 1. The van der Waals surface area contributed by atoms with Crippen LogP contribution >= 0.6 is 21.6 Å². The normalized spacial score (nSPS) is 13.9. The molecule has 2 heterocycles. The summed E-state index contributed by atoms with van der Waals surface area (Å²) in [6.07, 6.45) is 7.70. The molecule has 328 valence electrons. The van der Waals surface area contributed by atoms with Gasteiger partial charge in [0, 0.05) is 66.0 Å². The second-order valence-electron chi connectivity index (χ2n) is 18.5. The molecule has 0 aromatic heterocycles. The molecular formula is C47H73N5O5S2. The first-order chi connectivity index (χ1) is 27.6. The number of carbonyl (C=O) groups excluding carboxylic acids is 4. The maximum absolute atomic E-state index is 13.7. The Bertz CT molecular complexity index is 1770. The molecule has 59 heavy (non-hydrogen) atoms. The largest absolute Gasteiger partial charge is 0.375 e. The van der Waals surface area contributed by atoms with Crippen molar-refractivity contribution in [3.05, 3.63) is 65.2 Å². The van der Waals surface area contributed by atoms with Crippen molar-refractivity contribution in [3.63, 3.8) is 0 Å². The zero-order valence-electron chi connectivity index (χ0n) is 37.6. The van der Waals surface area contributed by atoms with Gasteiger partial charge in [-0.3, -0.25) is 19.2 Å². The van der Waals surface area contributed by atoms with Crippen LogP contribution in [0.3, 0.4) is 0 Å². The fourth-order valence-corrected chi connectivity index (χ4v) is 9.27. The SMILES string of the molecule is CCC(C)(C)NC(=O)CCC(=O)N1Cc2ccccc2C2=C(c3ccccc31)N2CCC(C)(C)OCCC(C)(C)C(N)=O.CCCC(C)(C)CCSSCCCC(N)=O. The number of benzene rings is 2. The van der Waals surface area contributed by atoms with Crippen molar-refractivity contribution in [3.8, 4) is 0 Å². The fraction of sp³-hybridized carbons (Fsp3) is 0.617. The van der Waals surface area contributed by atoms with E-state index in [4.69, 9.17) is 16.2 Å². The summed E-state index contributed by atoms with van der Waals surface area (Å²) in [5.41, 5.74) is 16.1. The number of para-hydroxylation sites is 1. The predicted molar refractivity (Wildman–Crippen MR) is 248 cm³/mol. The minimum Gasteiger partial charge on any atom is -0.375 e. The minimum atomic E-state index is -0.611. The molecule has 0 bridgehead atoms. The summed E-state index contributed by atoms with van der Waals surface area (Å²) in [5, 5.41) is 3.04. The summed E-state index contributed by atoms with van der Waals surface area (Å²) in [4.78, 5) is 52.7. The molecule has 0 radical (unpaired) electrons. The standard InChI is InChI=1S/C35H48N4O4.C12H25NOS2/c1-8-34(4,5)37-28(40)17-18-29(41)39-23-24-13-9-10-14-25(24)30-31(26-15-11-12-16-27(26)39)38(30)21-19-35(6,7)43-22-20-33(2,3)32(36)42;1-4-7-12(2,3)8-10-16-15-9-5-6-11(13)14/h9-16H,8,17-23H2,1-7H3,(H2,36,42)(H,37,40);4-10H2,1-3H3,(H2,13,14). The van der Waals surface area contributed by atoms with Crippen LogP contribution in [-0.4, -0.2) is 64.3 Å². The van der Waals surface area contributed by atoms with Crippen LogP contribution in [0.25, 0.3) is 11.4 Å². The van der Waals surface area contributed by atoms with E-state index in [-0.39, 0.29) is 42.0 Å². The predicted octanol–water partition coefficient (Wildman–Crippen LogP) is 9.70. The van der Waals surface area contributed by atoms with Gasteiger partial charge in [-0.05, 0) is 83.3 Å². The zero-order chi connectivity index (χ0) is 44.0. The van der Waals surface area contributed by atoms with Crippen LogP contribution < -0.4 is 21.7 Å². The van der Waals surface area contributed by atoms with Gasteiger partial charge in [-0.1, -0.05) is 112 Å². The average molecular weight is 852 g/mol. The Kier molecular flexibility index (Phi) is 18.9. The van der Waals surface area contributed by atoms with Crippen LogP contribution in [0.4, 0.5) is 5.69 Å². The van der Waals surface area contributed by atoms with E-state index in [9.17, 15) is 19.2 Å². The van der Waals surface area contributed by atoms with Crippen molar-refractivity contribution in [2.24, 2.45) is 22.3 Å². The molecule has 0 fully saturated rings. The fourth-order valence-electron chi connectivity index (χ4n) is 6.83. The summed E-state index contributed by atoms with van der Waals surface area (Å²) >= 11 is 0. The van der Waals surface area contributed by atoms with Crippen LogP contribution in [0.2, 0.25) is 0 Å². The van der Waals surface area contributed by atoms with Crippen LogP contribution in [0, 0.1) is 10.8 Å². The highest BCUT2D eigenvalue weighted by molar-refractivity contribution is 8.76. The lowest BCUT2D eigenvalue weighted by atomic mass is 9.85. The van der Waals surface area contributed by atoms with Gasteiger partial charge in [-0.15, -0.1) is 0 Å². The number of hydrogen-bond donors (Lipinski definition) is 3. The number of nitrogens with two attached hydrogens (primary N) is 2. The van der Waals surface area contributed by atoms with Crippen molar-refractivity contribution in [2.75, 3.05) is 29.6 Å². The lowest BCUT2D eigenvalue weighted by molar-refractivity contribution is -0.128. The van der Waals surface area contributed by atoms with Crippen LogP contribution in [0.1, 0.15) is 150 Å². The molecule has 0 aliphatic carbocycles. The lowest BCUT2D eigenvalue weighted by Gasteiger charge is -2.28.